The Bertz CT molecular complexity index is 283. The maximum absolute atomic E-state index is 13.0. The van der Waals surface area contributed by atoms with Gasteiger partial charge in [-0.15, -0.1) is 0 Å². The van der Waals surface area contributed by atoms with Gasteiger partial charge in [-0.3, -0.25) is 0 Å². The molecule has 0 bridgehead atoms. The van der Waals surface area contributed by atoms with Crippen molar-refractivity contribution >= 4 is 27.5 Å². The second-order valence-electron chi connectivity index (χ2n) is 2.25. The third kappa shape index (κ3) is 2.83. The maximum Gasteiger partial charge on any atom is 0.188 e. The van der Waals surface area contributed by atoms with E-state index in [1.165, 1.54) is 19.2 Å². The van der Waals surface area contributed by atoms with E-state index in [1.807, 2.05) is 0 Å². The Kier molecular flexibility index (Phi) is 3.96. The van der Waals surface area contributed by atoms with Crippen molar-refractivity contribution in [3.63, 3.8) is 0 Å². The Balaban J connectivity index is 2.86. The zero-order valence-electron chi connectivity index (χ0n) is 6.81. The van der Waals surface area contributed by atoms with E-state index in [0.717, 1.165) is 0 Å². The van der Waals surface area contributed by atoms with Gasteiger partial charge in [-0.25, -0.2) is 4.39 Å². The zero-order valence-corrected chi connectivity index (χ0v) is 9.15. The molecule has 0 aliphatic heterocycles. The van der Waals surface area contributed by atoms with Crippen molar-refractivity contribution in [3.8, 4) is 5.75 Å². The molecule has 1 aromatic rings. The predicted molar refractivity (Wildman–Crippen MR) is 51.6 cm³/mol. The van der Waals surface area contributed by atoms with Crippen LogP contribution in [-0.2, 0) is 4.74 Å². The van der Waals surface area contributed by atoms with Crippen LogP contribution in [0.2, 0.25) is 5.02 Å². The van der Waals surface area contributed by atoms with Crippen LogP contribution in [-0.4, -0.2) is 13.9 Å². The summed E-state index contributed by atoms with van der Waals surface area (Å²) in [6.45, 7) is 0.106. The number of ether oxygens (including phenoxy) is 2. The van der Waals surface area contributed by atoms with Crippen LogP contribution in [0.5, 0.6) is 5.75 Å². The molecule has 0 atom stereocenters. The van der Waals surface area contributed by atoms with Crippen LogP contribution in [0.4, 0.5) is 4.39 Å². The Labute approximate surface area is 88.7 Å². The lowest BCUT2D eigenvalue weighted by molar-refractivity contribution is 0.0510. The topological polar surface area (TPSA) is 18.5 Å². The van der Waals surface area contributed by atoms with E-state index < -0.39 is 5.82 Å². The van der Waals surface area contributed by atoms with Crippen LogP contribution < -0.4 is 4.74 Å². The smallest absolute Gasteiger partial charge is 0.188 e. The minimum atomic E-state index is -0.494. The van der Waals surface area contributed by atoms with E-state index in [9.17, 15) is 4.39 Å². The van der Waals surface area contributed by atoms with E-state index in [4.69, 9.17) is 16.3 Å². The fourth-order valence-corrected chi connectivity index (χ4v) is 1.51. The molecule has 0 saturated heterocycles. The molecule has 0 radical (unpaired) electrons. The molecule has 0 N–H and O–H groups in total. The van der Waals surface area contributed by atoms with Crippen molar-refractivity contribution in [1.29, 1.82) is 0 Å². The first kappa shape index (κ1) is 10.8. The summed E-state index contributed by atoms with van der Waals surface area (Å²) in [5, 5.41) is 0.0143. The van der Waals surface area contributed by atoms with E-state index in [1.54, 1.807) is 0 Å². The van der Waals surface area contributed by atoms with E-state index in [0.29, 0.717) is 5.75 Å². The van der Waals surface area contributed by atoms with E-state index in [2.05, 4.69) is 20.7 Å². The lowest BCUT2D eigenvalue weighted by Gasteiger charge is -2.06. The summed E-state index contributed by atoms with van der Waals surface area (Å²) >= 11 is 8.58. The molecule has 0 aliphatic carbocycles. The quantitative estimate of drug-likeness (QED) is 0.619. The van der Waals surface area contributed by atoms with Gasteiger partial charge in [0.05, 0.1) is 9.50 Å². The highest BCUT2D eigenvalue weighted by Gasteiger charge is 2.07. The monoisotopic (exact) mass is 268 g/mol. The Morgan fingerprint density at radius 1 is 1.54 bits per heavy atom. The summed E-state index contributed by atoms with van der Waals surface area (Å²) in [5.74, 6) is -0.0356. The van der Waals surface area contributed by atoms with Crippen LogP contribution >= 0.6 is 27.5 Å². The van der Waals surface area contributed by atoms with Gasteiger partial charge in [0.2, 0.25) is 0 Å². The first-order valence-corrected chi connectivity index (χ1v) is 4.58. The molecule has 0 unspecified atom stereocenters. The highest BCUT2D eigenvalue weighted by atomic mass is 79.9. The molecule has 0 amide bonds. The standard InChI is InChI=1S/C8H7BrClFO2/c1-12-4-13-5-2-6(9)8(11)7(10)3-5/h2-3H,4H2,1H3. The van der Waals surface area contributed by atoms with Crippen molar-refractivity contribution in [2.75, 3.05) is 13.9 Å². The molecule has 13 heavy (non-hydrogen) atoms. The van der Waals surface area contributed by atoms with Crippen molar-refractivity contribution in [2.45, 2.75) is 0 Å². The highest BCUT2D eigenvalue weighted by molar-refractivity contribution is 9.10. The van der Waals surface area contributed by atoms with Gasteiger partial charge < -0.3 is 9.47 Å². The third-order valence-corrected chi connectivity index (χ3v) is 2.15. The molecule has 1 rings (SSSR count). The molecular weight excluding hydrogens is 262 g/mol. The van der Waals surface area contributed by atoms with E-state index in [-0.39, 0.29) is 16.3 Å². The van der Waals surface area contributed by atoms with Crippen molar-refractivity contribution < 1.29 is 13.9 Å². The largest absolute Gasteiger partial charge is 0.467 e. The average molecular weight is 269 g/mol. The third-order valence-electron chi connectivity index (χ3n) is 1.30. The van der Waals surface area contributed by atoms with Gasteiger partial charge in [-0.1, -0.05) is 11.6 Å². The number of methoxy groups -OCH3 is 1. The summed E-state index contributed by atoms with van der Waals surface area (Å²) < 4.78 is 23.0. The molecule has 72 valence electrons. The lowest BCUT2D eigenvalue weighted by Crippen LogP contribution is -1.99. The van der Waals surface area contributed by atoms with Crippen LogP contribution in [0.15, 0.2) is 16.6 Å². The van der Waals surface area contributed by atoms with Gasteiger partial charge in [0.25, 0.3) is 0 Å². The summed E-state index contributed by atoms with van der Waals surface area (Å²) in [6, 6.07) is 2.88. The van der Waals surface area contributed by atoms with Crippen molar-refractivity contribution in [3.05, 3.63) is 27.4 Å². The Hall–Kier alpha value is -0.320. The second-order valence-corrected chi connectivity index (χ2v) is 3.51. The summed E-state index contributed by atoms with van der Waals surface area (Å²) in [6.07, 6.45) is 0. The highest BCUT2D eigenvalue weighted by Crippen LogP contribution is 2.28. The number of hydrogen-bond acceptors (Lipinski definition) is 2. The van der Waals surface area contributed by atoms with Gasteiger partial charge in [0.15, 0.2) is 12.6 Å². The summed E-state index contributed by atoms with van der Waals surface area (Å²) in [4.78, 5) is 0. The summed E-state index contributed by atoms with van der Waals surface area (Å²) in [7, 11) is 1.50. The zero-order chi connectivity index (χ0) is 9.84. The second kappa shape index (κ2) is 4.79. The van der Waals surface area contributed by atoms with Crippen LogP contribution in [0.3, 0.4) is 0 Å². The Morgan fingerprint density at radius 2 is 2.23 bits per heavy atom. The minimum Gasteiger partial charge on any atom is -0.467 e. The van der Waals surface area contributed by atoms with Gasteiger partial charge in [0, 0.05) is 13.2 Å². The molecule has 0 heterocycles. The molecule has 0 fully saturated rings. The average Bonchev–Trinajstić information content (AvgIpc) is 2.10. The Morgan fingerprint density at radius 3 is 2.77 bits per heavy atom. The normalized spacial score (nSPS) is 10.2. The molecular formula is C8H7BrClFO2. The minimum absolute atomic E-state index is 0.0143. The molecule has 2 nitrogen and oxygen atoms in total. The number of benzene rings is 1. The first-order valence-electron chi connectivity index (χ1n) is 3.41. The number of rotatable bonds is 3. The van der Waals surface area contributed by atoms with Crippen molar-refractivity contribution in [1.82, 2.24) is 0 Å². The molecule has 0 aromatic heterocycles. The van der Waals surface area contributed by atoms with Gasteiger partial charge in [-0.05, 0) is 22.0 Å². The fraction of sp³-hybridized carbons (Fsp3) is 0.250. The van der Waals surface area contributed by atoms with Gasteiger partial charge >= 0.3 is 0 Å². The van der Waals surface area contributed by atoms with E-state index >= 15 is 0 Å². The number of hydrogen-bond donors (Lipinski definition) is 0. The van der Waals surface area contributed by atoms with Gasteiger partial charge in [0.1, 0.15) is 5.75 Å². The fourth-order valence-electron chi connectivity index (χ4n) is 0.743. The van der Waals surface area contributed by atoms with Crippen LogP contribution in [0, 0.1) is 5.82 Å². The number of halogens is 3. The molecule has 1 aromatic carbocycles. The molecule has 0 spiro atoms. The molecule has 0 saturated carbocycles. The lowest BCUT2D eigenvalue weighted by atomic mass is 10.3. The van der Waals surface area contributed by atoms with Gasteiger partial charge in [-0.2, -0.15) is 0 Å². The van der Waals surface area contributed by atoms with Crippen LogP contribution in [0.25, 0.3) is 0 Å². The first-order chi connectivity index (χ1) is 6.15. The maximum atomic E-state index is 13.0. The van der Waals surface area contributed by atoms with Crippen LogP contribution in [0.1, 0.15) is 0 Å². The SMILES string of the molecule is COCOc1cc(Cl)c(F)c(Br)c1. The van der Waals surface area contributed by atoms with Crippen molar-refractivity contribution in [2.24, 2.45) is 0 Å². The predicted octanol–water partition coefficient (Wildman–Crippen LogP) is 3.22. The summed E-state index contributed by atoms with van der Waals surface area (Å²) in [5.41, 5.74) is 0. The molecule has 5 heteroatoms. The molecule has 0 aliphatic rings.